The highest BCUT2D eigenvalue weighted by molar-refractivity contribution is 5.68. The van der Waals surface area contributed by atoms with Gasteiger partial charge in [0.1, 0.15) is 11.4 Å². The number of alkyl carbamates (subject to hydrolysis) is 1. The minimum Gasteiger partial charge on any atom is -0.468 e. The Bertz CT molecular complexity index is 443. The van der Waals surface area contributed by atoms with Crippen LogP contribution in [0.25, 0.3) is 0 Å². The van der Waals surface area contributed by atoms with Crippen molar-refractivity contribution in [2.75, 3.05) is 13.1 Å². The number of hydrogen-bond donors (Lipinski definition) is 1. The number of amides is 1. The molecule has 0 aromatic carbocycles. The van der Waals surface area contributed by atoms with Gasteiger partial charge < -0.3 is 14.5 Å². The Hall–Kier alpha value is -1.49. The van der Waals surface area contributed by atoms with Crippen LogP contribution in [-0.2, 0) is 4.74 Å². The number of nitrogens with zero attached hydrogens (tertiary/aromatic N) is 1. The summed E-state index contributed by atoms with van der Waals surface area (Å²) in [6, 6.07) is 4.40. The van der Waals surface area contributed by atoms with Crippen LogP contribution in [0.5, 0.6) is 0 Å². The van der Waals surface area contributed by atoms with Crippen LogP contribution in [-0.4, -0.2) is 35.7 Å². The van der Waals surface area contributed by atoms with Crippen LogP contribution in [0.3, 0.4) is 0 Å². The van der Waals surface area contributed by atoms with E-state index in [9.17, 15) is 4.79 Å². The molecule has 0 radical (unpaired) electrons. The summed E-state index contributed by atoms with van der Waals surface area (Å²) in [6.07, 6.45) is 3.26. The largest absolute Gasteiger partial charge is 0.468 e. The first-order chi connectivity index (χ1) is 9.85. The molecule has 1 aromatic rings. The lowest BCUT2D eigenvalue weighted by Crippen LogP contribution is -2.46. The van der Waals surface area contributed by atoms with Crippen molar-refractivity contribution in [2.24, 2.45) is 0 Å². The SMILES string of the molecule is C[C@@H](c1ccco1)N1CCC(NC(=O)OC(C)(C)C)CC1. The fourth-order valence-corrected chi connectivity index (χ4v) is 2.61. The van der Waals surface area contributed by atoms with E-state index in [1.54, 1.807) is 6.26 Å². The van der Waals surface area contributed by atoms with Crippen LogP contribution < -0.4 is 5.32 Å². The number of ether oxygens (including phenoxy) is 1. The maximum absolute atomic E-state index is 11.8. The third-order valence-electron chi connectivity index (χ3n) is 3.75. The van der Waals surface area contributed by atoms with Gasteiger partial charge >= 0.3 is 6.09 Å². The van der Waals surface area contributed by atoms with Crippen molar-refractivity contribution < 1.29 is 13.9 Å². The Labute approximate surface area is 126 Å². The maximum Gasteiger partial charge on any atom is 0.407 e. The molecule has 118 valence electrons. The second-order valence-corrected chi connectivity index (χ2v) is 6.65. The van der Waals surface area contributed by atoms with Gasteiger partial charge in [-0.25, -0.2) is 4.79 Å². The molecule has 0 unspecified atom stereocenters. The number of furan rings is 1. The number of piperidine rings is 1. The van der Waals surface area contributed by atoms with Gasteiger partial charge in [-0.2, -0.15) is 0 Å². The van der Waals surface area contributed by atoms with Gasteiger partial charge in [0.2, 0.25) is 0 Å². The molecule has 1 fully saturated rings. The second-order valence-electron chi connectivity index (χ2n) is 6.65. The zero-order valence-corrected chi connectivity index (χ0v) is 13.4. The molecule has 0 saturated carbocycles. The Morgan fingerprint density at radius 2 is 2.10 bits per heavy atom. The van der Waals surface area contributed by atoms with E-state index in [-0.39, 0.29) is 18.2 Å². The van der Waals surface area contributed by atoms with Gasteiger partial charge in [-0.15, -0.1) is 0 Å². The van der Waals surface area contributed by atoms with Crippen molar-refractivity contribution >= 4 is 6.09 Å². The molecule has 1 aliphatic rings. The number of hydrogen-bond acceptors (Lipinski definition) is 4. The van der Waals surface area contributed by atoms with Crippen LogP contribution in [0.1, 0.15) is 52.3 Å². The number of carbonyl (C=O) groups is 1. The van der Waals surface area contributed by atoms with E-state index in [4.69, 9.17) is 9.15 Å². The van der Waals surface area contributed by atoms with Crippen LogP contribution in [0.2, 0.25) is 0 Å². The molecule has 2 heterocycles. The molecule has 0 spiro atoms. The van der Waals surface area contributed by atoms with Gasteiger partial charge in [-0.1, -0.05) is 0 Å². The Morgan fingerprint density at radius 3 is 2.62 bits per heavy atom. The molecule has 2 rings (SSSR count). The number of likely N-dealkylation sites (tertiary alicyclic amines) is 1. The van der Waals surface area contributed by atoms with Crippen molar-refractivity contribution in [1.29, 1.82) is 0 Å². The Balaban J connectivity index is 1.77. The maximum atomic E-state index is 11.8. The molecular formula is C16H26N2O3. The van der Waals surface area contributed by atoms with Crippen LogP contribution in [0, 0.1) is 0 Å². The quantitative estimate of drug-likeness (QED) is 0.929. The minimum absolute atomic E-state index is 0.194. The number of rotatable bonds is 3. The van der Waals surface area contributed by atoms with Crippen molar-refractivity contribution in [3.8, 4) is 0 Å². The third kappa shape index (κ3) is 4.77. The molecule has 0 aliphatic carbocycles. The van der Waals surface area contributed by atoms with E-state index in [2.05, 4.69) is 17.1 Å². The van der Waals surface area contributed by atoms with E-state index < -0.39 is 5.60 Å². The number of nitrogens with one attached hydrogen (secondary N) is 1. The molecule has 1 N–H and O–H groups in total. The normalized spacial score (nSPS) is 19.2. The average Bonchev–Trinajstić information content (AvgIpc) is 2.90. The Kier molecular flexibility index (Phi) is 4.93. The van der Waals surface area contributed by atoms with Gasteiger partial charge in [0.15, 0.2) is 0 Å². The molecule has 5 heteroatoms. The highest BCUT2D eigenvalue weighted by atomic mass is 16.6. The zero-order chi connectivity index (χ0) is 15.5. The van der Waals surface area contributed by atoms with Crippen molar-refractivity contribution in [1.82, 2.24) is 10.2 Å². The second kappa shape index (κ2) is 6.52. The van der Waals surface area contributed by atoms with Crippen molar-refractivity contribution in [3.63, 3.8) is 0 Å². The van der Waals surface area contributed by atoms with Crippen LogP contribution in [0.15, 0.2) is 22.8 Å². The van der Waals surface area contributed by atoms with E-state index >= 15 is 0 Å². The van der Waals surface area contributed by atoms with Crippen molar-refractivity contribution in [2.45, 2.75) is 58.2 Å². The lowest BCUT2D eigenvalue weighted by atomic mass is 10.0. The molecule has 1 aliphatic heterocycles. The fourth-order valence-electron chi connectivity index (χ4n) is 2.61. The number of carbonyl (C=O) groups excluding carboxylic acids is 1. The standard InChI is InChI=1S/C16H26N2O3/c1-12(14-6-5-11-20-14)18-9-7-13(8-10-18)17-15(19)21-16(2,3)4/h5-6,11-13H,7-10H2,1-4H3,(H,17,19)/t12-/m0/s1. The lowest BCUT2D eigenvalue weighted by molar-refractivity contribution is 0.0466. The van der Waals surface area contributed by atoms with E-state index in [1.165, 1.54) is 0 Å². The van der Waals surface area contributed by atoms with Crippen LogP contribution >= 0.6 is 0 Å². The molecular weight excluding hydrogens is 268 g/mol. The average molecular weight is 294 g/mol. The zero-order valence-electron chi connectivity index (χ0n) is 13.4. The topological polar surface area (TPSA) is 54.7 Å². The fraction of sp³-hybridized carbons (Fsp3) is 0.688. The van der Waals surface area contributed by atoms with Gasteiger partial charge in [0, 0.05) is 19.1 Å². The predicted octanol–water partition coefficient (Wildman–Crippen LogP) is 3.33. The molecule has 1 aromatic heterocycles. The highest BCUT2D eigenvalue weighted by Gasteiger charge is 2.26. The van der Waals surface area contributed by atoms with E-state index in [1.807, 2.05) is 32.9 Å². The van der Waals surface area contributed by atoms with Crippen LogP contribution in [0.4, 0.5) is 4.79 Å². The first kappa shape index (κ1) is 15.9. The summed E-state index contributed by atoms with van der Waals surface area (Å²) >= 11 is 0. The summed E-state index contributed by atoms with van der Waals surface area (Å²) in [5, 5.41) is 2.96. The molecule has 21 heavy (non-hydrogen) atoms. The van der Waals surface area contributed by atoms with E-state index in [0.29, 0.717) is 0 Å². The van der Waals surface area contributed by atoms with E-state index in [0.717, 1.165) is 31.7 Å². The first-order valence-electron chi connectivity index (χ1n) is 7.62. The first-order valence-corrected chi connectivity index (χ1v) is 7.62. The van der Waals surface area contributed by atoms with Gasteiger partial charge in [0.05, 0.1) is 12.3 Å². The van der Waals surface area contributed by atoms with Gasteiger partial charge in [0.25, 0.3) is 0 Å². The molecule has 1 atom stereocenters. The summed E-state index contributed by atoms with van der Waals surface area (Å²) < 4.78 is 10.8. The predicted molar refractivity (Wildman–Crippen MR) is 81.1 cm³/mol. The minimum atomic E-state index is -0.446. The van der Waals surface area contributed by atoms with Gasteiger partial charge in [-0.05, 0) is 52.7 Å². The molecule has 1 saturated heterocycles. The molecule has 5 nitrogen and oxygen atoms in total. The summed E-state index contributed by atoms with van der Waals surface area (Å²) in [5.74, 6) is 0.994. The van der Waals surface area contributed by atoms with Gasteiger partial charge in [-0.3, -0.25) is 4.90 Å². The van der Waals surface area contributed by atoms with Crippen molar-refractivity contribution in [3.05, 3.63) is 24.2 Å². The Morgan fingerprint density at radius 1 is 1.43 bits per heavy atom. The molecule has 1 amide bonds. The monoisotopic (exact) mass is 294 g/mol. The summed E-state index contributed by atoms with van der Waals surface area (Å²) in [7, 11) is 0. The highest BCUT2D eigenvalue weighted by Crippen LogP contribution is 2.24. The molecule has 0 bridgehead atoms. The third-order valence-corrected chi connectivity index (χ3v) is 3.75. The smallest absolute Gasteiger partial charge is 0.407 e. The summed E-state index contributed by atoms with van der Waals surface area (Å²) in [5.41, 5.74) is -0.446. The lowest BCUT2D eigenvalue weighted by Gasteiger charge is -2.35. The summed E-state index contributed by atoms with van der Waals surface area (Å²) in [6.45, 7) is 9.67. The summed E-state index contributed by atoms with van der Waals surface area (Å²) in [4.78, 5) is 14.1.